The molecule has 1 heterocycles. The average Bonchev–Trinajstić information content (AvgIpc) is 2.63. The Morgan fingerprint density at radius 2 is 2.19 bits per heavy atom. The van der Waals surface area contributed by atoms with Gasteiger partial charge >= 0.3 is 0 Å². The van der Waals surface area contributed by atoms with Crippen molar-refractivity contribution in [1.29, 1.82) is 0 Å². The molecule has 0 atom stereocenters. The van der Waals surface area contributed by atoms with E-state index >= 15 is 0 Å². The molecule has 92 valence electrons. The molecule has 0 spiro atoms. The van der Waals surface area contributed by atoms with Crippen molar-refractivity contribution in [3.63, 3.8) is 0 Å². The van der Waals surface area contributed by atoms with Gasteiger partial charge in [-0.25, -0.2) is 0 Å². The molecule has 16 heavy (non-hydrogen) atoms. The van der Waals surface area contributed by atoms with Crippen LogP contribution < -0.4 is 5.73 Å². The highest BCUT2D eigenvalue weighted by molar-refractivity contribution is 5.00. The molecular weight excluding hydrogens is 200 g/mol. The minimum atomic E-state index is 0.0352. The number of aryl methyl sites for hydroxylation is 1. The Balaban J connectivity index is 2.71. The molecule has 1 aromatic rings. The molecule has 0 aliphatic rings. The van der Waals surface area contributed by atoms with Crippen molar-refractivity contribution in [3.8, 4) is 0 Å². The molecule has 1 aromatic heterocycles. The lowest BCUT2D eigenvalue weighted by atomic mass is 10.0. The Labute approximate surface area is 98.4 Å². The summed E-state index contributed by atoms with van der Waals surface area (Å²) in [4.78, 5) is 2.40. The van der Waals surface area contributed by atoms with Crippen LogP contribution in [0.25, 0.3) is 0 Å². The van der Waals surface area contributed by atoms with Gasteiger partial charge < -0.3 is 5.73 Å². The van der Waals surface area contributed by atoms with Crippen molar-refractivity contribution in [3.05, 3.63) is 18.0 Å². The van der Waals surface area contributed by atoms with Gasteiger partial charge in [0.05, 0.1) is 5.69 Å². The summed E-state index contributed by atoms with van der Waals surface area (Å²) in [5.74, 6) is 0. The molecule has 0 aliphatic heterocycles. The summed E-state index contributed by atoms with van der Waals surface area (Å²) in [6, 6.07) is 2.06. The predicted octanol–water partition coefficient (Wildman–Crippen LogP) is 1.37. The summed E-state index contributed by atoms with van der Waals surface area (Å²) >= 11 is 0. The fraction of sp³-hybridized carbons (Fsp3) is 0.750. The van der Waals surface area contributed by atoms with E-state index in [1.165, 1.54) is 0 Å². The third-order valence-corrected chi connectivity index (χ3v) is 2.97. The van der Waals surface area contributed by atoms with Crippen molar-refractivity contribution in [2.45, 2.75) is 39.3 Å². The molecule has 0 unspecified atom stereocenters. The van der Waals surface area contributed by atoms with Crippen LogP contribution in [0, 0.1) is 0 Å². The SMILES string of the molecule is CCCN(Cc1ccn(C)n1)C(C)(C)CN. The third-order valence-electron chi connectivity index (χ3n) is 2.97. The molecule has 0 saturated carbocycles. The zero-order valence-electron chi connectivity index (χ0n) is 10.9. The van der Waals surface area contributed by atoms with E-state index in [2.05, 4.69) is 36.8 Å². The quantitative estimate of drug-likeness (QED) is 0.794. The predicted molar refractivity (Wildman–Crippen MR) is 67.0 cm³/mol. The fourth-order valence-corrected chi connectivity index (χ4v) is 1.74. The Hall–Kier alpha value is -0.870. The van der Waals surface area contributed by atoms with Gasteiger partial charge in [0.25, 0.3) is 0 Å². The van der Waals surface area contributed by atoms with Gasteiger partial charge in [0.1, 0.15) is 0 Å². The zero-order chi connectivity index (χ0) is 12.2. The molecule has 0 fully saturated rings. The Morgan fingerprint density at radius 1 is 1.50 bits per heavy atom. The van der Waals surface area contributed by atoms with Crippen molar-refractivity contribution in [1.82, 2.24) is 14.7 Å². The van der Waals surface area contributed by atoms with Gasteiger partial charge in [-0.2, -0.15) is 5.10 Å². The summed E-state index contributed by atoms with van der Waals surface area (Å²) < 4.78 is 1.84. The van der Waals surface area contributed by atoms with Crippen molar-refractivity contribution in [2.24, 2.45) is 12.8 Å². The van der Waals surface area contributed by atoms with E-state index in [0.717, 1.165) is 25.2 Å². The molecule has 4 heteroatoms. The molecule has 1 rings (SSSR count). The van der Waals surface area contributed by atoms with Crippen molar-refractivity contribution >= 4 is 0 Å². The molecule has 0 saturated heterocycles. The normalized spacial score (nSPS) is 12.4. The van der Waals surface area contributed by atoms with Crippen LogP contribution in [0.4, 0.5) is 0 Å². The highest BCUT2D eigenvalue weighted by Gasteiger charge is 2.24. The Kier molecular flexibility index (Phi) is 4.50. The first-order valence-corrected chi connectivity index (χ1v) is 5.93. The molecule has 0 aromatic carbocycles. The lowest BCUT2D eigenvalue weighted by Gasteiger charge is -2.37. The monoisotopic (exact) mass is 224 g/mol. The average molecular weight is 224 g/mol. The number of hydrogen-bond acceptors (Lipinski definition) is 3. The number of rotatable bonds is 6. The van der Waals surface area contributed by atoms with Crippen LogP contribution in [0.5, 0.6) is 0 Å². The fourth-order valence-electron chi connectivity index (χ4n) is 1.74. The van der Waals surface area contributed by atoms with Gasteiger partial charge in [-0.05, 0) is 32.9 Å². The lowest BCUT2D eigenvalue weighted by Crippen LogP contribution is -2.49. The summed E-state index contributed by atoms with van der Waals surface area (Å²) in [6.45, 7) is 9.16. The largest absolute Gasteiger partial charge is 0.329 e. The first-order chi connectivity index (χ1) is 7.49. The minimum absolute atomic E-state index is 0.0352. The van der Waals surface area contributed by atoms with Crippen LogP contribution in [-0.4, -0.2) is 33.3 Å². The second kappa shape index (κ2) is 5.46. The van der Waals surface area contributed by atoms with Crippen molar-refractivity contribution in [2.75, 3.05) is 13.1 Å². The van der Waals surface area contributed by atoms with E-state index in [9.17, 15) is 0 Å². The highest BCUT2D eigenvalue weighted by atomic mass is 15.3. The molecule has 0 radical (unpaired) electrons. The molecule has 0 aliphatic carbocycles. The first kappa shape index (κ1) is 13.2. The highest BCUT2D eigenvalue weighted by Crippen LogP contribution is 2.16. The summed E-state index contributed by atoms with van der Waals surface area (Å²) in [5.41, 5.74) is 6.97. The lowest BCUT2D eigenvalue weighted by molar-refractivity contribution is 0.116. The van der Waals surface area contributed by atoms with Crippen LogP contribution in [0.2, 0.25) is 0 Å². The zero-order valence-corrected chi connectivity index (χ0v) is 10.9. The van der Waals surface area contributed by atoms with Crippen LogP contribution >= 0.6 is 0 Å². The van der Waals surface area contributed by atoms with E-state index < -0.39 is 0 Å². The maximum absolute atomic E-state index is 5.83. The van der Waals surface area contributed by atoms with Gasteiger partial charge in [-0.15, -0.1) is 0 Å². The minimum Gasteiger partial charge on any atom is -0.329 e. The van der Waals surface area contributed by atoms with E-state index in [1.54, 1.807) is 0 Å². The van der Waals surface area contributed by atoms with Crippen molar-refractivity contribution < 1.29 is 0 Å². The topological polar surface area (TPSA) is 47.1 Å². The van der Waals surface area contributed by atoms with Gasteiger partial charge in [0.15, 0.2) is 0 Å². The first-order valence-electron chi connectivity index (χ1n) is 5.93. The van der Waals surface area contributed by atoms with Gasteiger partial charge in [0.2, 0.25) is 0 Å². The van der Waals surface area contributed by atoms with Gasteiger partial charge in [0, 0.05) is 31.9 Å². The smallest absolute Gasteiger partial charge is 0.0764 e. The standard InChI is InChI=1S/C12H24N4/c1-5-7-16(12(2,3)10-13)9-11-6-8-15(4)14-11/h6,8H,5,7,9-10,13H2,1-4H3. The third kappa shape index (κ3) is 3.32. The number of nitrogens with zero attached hydrogens (tertiary/aromatic N) is 3. The van der Waals surface area contributed by atoms with Gasteiger partial charge in [-0.1, -0.05) is 6.92 Å². The molecule has 2 N–H and O–H groups in total. The number of aromatic nitrogens is 2. The van der Waals surface area contributed by atoms with E-state index in [4.69, 9.17) is 5.73 Å². The van der Waals surface area contributed by atoms with Crippen LogP contribution in [-0.2, 0) is 13.6 Å². The Morgan fingerprint density at radius 3 is 2.62 bits per heavy atom. The molecule has 4 nitrogen and oxygen atoms in total. The summed E-state index contributed by atoms with van der Waals surface area (Å²) in [6.07, 6.45) is 3.12. The second-order valence-electron chi connectivity index (χ2n) is 4.92. The van der Waals surface area contributed by atoms with E-state index in [0.29, 0.717) is 6.54 Å². The van der Waals surface area contributed by atoms with E-state index in [1.807, 2.05) is 17.9 Å². The van der Waals surface area contributed by atoms with Crippen LogP contribution in [0.1, 0.15) is 32.9 Å². The number of nitrogens with two attached hydrogens (primary N) is 1. The summed E-state index contributed by atoms with van der Waals surface area (Å²) in [5, 5.41) is 4.41. The van der Waals surface area contributed by atoms with Gasteiger partial charge in [-0.3, -0.25) is 9.58 Å². The molecule has 0 amide bonds. The molecule has 0 bridgehead atoms. The van der Waals surface area contributed by atoms with Crippen LogP contribution in [0.15, 0.2) is 12.3 Å². The maximum atomic E-state index is 5.83. The Bertz CT molecular complexity index is 317. The van der Waals surface area contributed by atoms with Crippen LogP contribution in [0.3, 0.4) is 0 Å². The second-order valence-corrected chi connectivity index (χ2v) is 4.92. The molecular formula is C12H24N4. The van der Waals surface area contributed by atoms with E-state index in [-0.39, 0.29) is 5.54 Å². The number of hydrogen-bond donors (Lipinski definition) is 1. The summed E-state index contributed by atoms with van der Waals surface area (Å²) in [7, 11) is 1.95. The maximum Gasteiger partial charge on any atom is 0.0764 e.